The van der Waals surface area contributed by atoms with Gasteiger partial charge in [0.25, 0.3) is 0 Å². The summed E-state index contributed by atoms with van der Waals surface area (Å²) in [6, 6.07) is 0. The Hall–Kier alpha value is -1.26. The zero-order valence-electron chi connectivity index (χ0n) is 21.3. The highest BCUT2D eigenvalue weighted by Crippen LogP contribution is 2.39. The van der Waals surface area contributed by atoms with Crippen LogP contribution in [0, 0.1) is 0 Å². The summed E-state index contributed by atoms with van der Waals surface area (Å²) in [6.07, 6.45) is 12.3. The summed E-state index contributed by atoms with van der Waals surface area (Å²) in [6.45, 7) is 21.1. The van der Waals surface area contributed by atoms with Gasteiger partial charge in [0.05, 0.1) is 0 Å². The van der Waals surface area contributed by atoms with Crippen molar-refractivity contribution in [3.63, 3.8) is 0 Å². The van der Waals surface area contributed by atoms with Crippen LogP contribution in [0.3, 0.4) is 0 Å². The first-order valence-electron chi connectivity index (χ1n) is 11.3. The number of Topliss-reactive ketones (excluding diaryl/α,β-unsaturated/α-hetero) is 1. The largest absolute Gasteiger partial charge is 0.405 e. The van der Waals surface area contributed by atoms with Gasteiger partial charge in [0.1, 0.15) is 11.9 Å². The van der Waals surface area contributed by atoms with E-state index in [0.717, 1.165) is 44.0 Å². The van der Waals surface area contributed by atoms with E-state index < -0.39 is 13.9 Å². The molecule has 3 nitrogen and oxygen atoms in total. The van der Waals surface area contributed by atoms with Crippen LogP contribution in [0.25, 0.3) is 0 Å². The highest BCUT2D eigenvalue weighted by Gasteiger charge is 2.43. The monoisotopic (exact) mass is 434 g/mol. The molecule has 172 valence electrons. The van der Waals surface area contributed by atoms with Crippen LogP contribution in [-0.4, -0.2) is 26.0 Å². The number of hydrogen-bond acceptors (Lipinski definition) is 3. The molecule has 0 N–H and O–H groups in total. The molecule has 0 saturated carbocycles. The molecule has 0 atom stereocenters. The molecule has 0 amide bonds. The summed E-state index contributed by atoms with van der Waals surface area (Å²) in [7, 11) is -1.98. The van der Waals surface area contributed by atoms with Crippen molar-refractivity contribution in [2.75, 3.05) is 0 Å². The van der Waals surface area contributed by atoms with Gasteiger partial charge in [-0.2, -0.15) is 0 Å². The van der Waals surface area contributed by atoms with E-state index >= 15 is 0 Å². The molecule has 0 saturated heterocycles. The van der Waals surface area contributed by atoms with Gasteiger partial charge >= 0.3 is 0 Å². The smallest absolute Gasteiger partial charge is 0.193 e. The van der Waals surface area contributed by atoms with E-state index in [4.69, 9.17) is 4.43 Å². The van der Waals surface area contributed by atoms with Gasteiger partial charge < -0.3 is 4.43 Å². The average molecular weight is 435 g/mol. The summed E-state index contributed by atoms with van der Waals surface area (Å²) < 4.78 is 6.41. The third-order valence-corrected chi connectivity index (χ3v) is 10.8. The van der Waals surface area contributed by atoms with Gasteiger partial charge in [-0.15, -0.1) is 0 Å². The second-order valence-electron chi connectivity index (χ2n) is 10.6. The maximum atomic E-state index is 12.8. The van der Waals surface area contributed by atoms with Crippen molar-refractivity contribution in [1.82, 2.24) is 0 Å². The summed E-state index contributed by atoms with van der Waals surface area (Å²) in [5, 5.41) is 0.0925. The van der Waals surface area contributed by atoms with Crippen LogP contribution >= 0.6 is 0 Å². The number of carbonyl (C=O) groups is 2. The molecule has 0 bridgehead atoms. The number of aldehydes is 1. The molecule has 0 aromatic rings. The second-order valence-corrected chi connectivity index (χ2v) is 15.3. The standard InChI is InChI=1S/C26H46O3Si/c1-21(14-12-16-23(3)19-20-27)13-11-15-22(2)17-18-24(28)26(7,8)29-30(9,10)25(4,5)6/h14-15,19-20H,11-13,16-18H2,1-10H3/b21-14+,22-15+,23-19+. The average Bonchev–Trinajstić information content (AvgIpc) is 2.58. The van der Waals surface area contributed by atoms with Crippen LogP contribution < -0.4 is 0 Å². The Bertz CT molecular complexity index is 658. The van der Waals surface area contributed by atoms with E-state index in [9.17, 15) is 9.59 Å². The lowest BCUT2D eigenvalue weighted by Gasteiger charge is -2.42. The normalized spacial score (nSPS) is 14.8. The predicted molar refractivity (Wildman–Crippen MR) is 132 cm³/mol. The van der Waals surface area contributed by atoms with Gasteiger partial charge in [-0.05, 0) is 90.9 Å². The molecule has 0 fully saturated rings. The van der Waals surface area contributed by atoms with Crippen molar-refractivity contribution in [3.05, 3.63) is 34.9 Å². The Labute approximate surface area is 187 Å². The first-order chi connectivity index (χ1) is 13.6. The fraction of sp³-hybridized carbons (Fsp3) is 0.692. The van der Waals surface area contributed by atoms with Gasteiger partial charge in [0.2, 0.25) is 0 Å². The number of ketones is 1. The van der Waals surface area contributed by atoms with Crippen molar-refractivity contribution in [1.29, 1.82) is 0 Å². The molecule has 0 aliphatic carbocycles. The zero-order valence-corrected chi connectivity index (χ0v) is 22.3. The number of hydrogen-bond donors (Lipinski definition) is 0. The van der Waals surface area contributed by atoms with E-state index in [-0.39, 0.29) is 10.8 Å². The SMILES string of the molecule is C/C(=C\C=O)CC/C=C(\C)CC/C=C(\C)CCC(=O)C(C)(C)O[Si](C)(C)C(C)(C)C. The summed E-state index contributed by atoms with van der Waals surface area (Å²) in [4.78, 5) is 23.3. The van der Waals surface area contributed by atoms with Crippen LogP contribution in [0.15, 0.2) is 34.9 Å². The lowest BCUT2D eigenvalue weighted by molar-refractivity contribution is -0.132. The Morgan fingerprint density at radius 1 is 0.800 bits per heavy atom. The second kappa shape index (κ2) is 12.6. The molecular formula is C26H46O3Si. The van der Waals surface area contributed by atoms with E-state index in [1.165, 1.54) is 11.1 Å². The topological polar surface area (TPSA) is 43.4 Å². The molecular weight excluding hydrogens is 388 g/mol. The van der Waals surface area contributed by atoms with E-state index in [1.54, 1.807) is 6.08 Å². The zero-order chi connectivity index (χ0) is 23.6. The minimum Gasteiger partial charge on any atom is -0.405 e. The summed E-state index contributed by atoms with van der Waals surface area (Å²) >= 11 is 0. The van der Waals surface area contributed by atoms with Crippen LogP contribution in [0.4, 0.5) is 0 Å². The van der Waals surface area contributed by atoms with Gasteiger partial charge in [-0.1, -0.05) is 49.6 Å². The van der Waals surface area contributed by atoms with Crippen LogP contribution in [0.2, 0.25) is 18.1 Å². The van der Waals surface area contributed by atoms with Crippen LogP contribution in [0.1, 0.15) is 93.9 Å². The lowest BCUT2D eigenvalue weighted by Crippen LogP contribution is -2.50. The Morgan fingerprint density at radius 3 is 1.73 bits per heavy atom. The highest BCUT2D eigenvalue weighted by molar-refractivity contribution is 6.74. The molecule has 0 aromatic heterocycles. The third-order valence-electron chi connectivity index (χ3n) is 6.15. The third kappa shape index (κ3) is 11.2. The van der Waals surface area contributed by atoms with E-state index in [0.29, 0.717) is 6.42 Å². The maximum Gasteiger partial charge on any atom is 0.193 e. The van der Waals surface area contributed by atoms with Gasteiger partial charge in [-0.25, -0.2) is 0 Å². The summed E-state index contributed by atoms with van der Waals surface area (Å²) in [5.41, 5.74) is 3.04. The molecule has 0 radical (unpaired) electrons. The van der Waals surface area contributed by atoms with Crippen molar-refractivity contribution in [3.8, 4) is 0 Å². The van der Waals surface area contributed by atoms with E-state index in [1.807, 2.05) is 20.8 Å². The van der Waals surface area contributed by atoms with Crippen molar-refractivity contribution < 1.29 is 14.0 Å². The van der Waals surface area contributed by atoms with Gasteiger partial charge in [0, 0.05) is 6.42 Å². The molecule has 0 aliphatic heterocycles. The fourth-order valence-electron chi connectivity index (χ4n) is 2.96. The number of rotatable bonds is 13. The van der Waals surface area contributed by atoms with E-state index in [2.05, 4.69) is 59.9 Å². The maximum absolute atomic E-state index is 12.8. The lowest BCUT2D eigenvalue weighted by atomic mass is 9.97. The molecule has 0 aliphatic rings. The number of allylic oxidation sites excluding steroid dienone is 6. The Balaban J connectivity index is 4.52. The molecule has 0 aromatic carbocycles. The molecule has 0 heterocycles. The molecule has 30 heavy (non-hydrogen) atoms. The molecule has 0 spiro atoms. The molecule has 0 rings (SSSR count). The molecule has 4 heteroatoms. The predicted octanol–water partition coefficient (Wildman–Crippen LogP) is 7.73. The first-order valence-corrected chi connectivity index (χ1v) is 14.2. The minimum absolute atomic E-state index is 0.0925. The summed E-state index contributed by atoms with van der Waals surface area (Å²) in [5.74, 6) is 0.190. The molecule has 0 unspecified atom stereocenters. The van der Waals surface area contributed by atoms with Crippen molar-refractivity contribution >= 4 is 20.4 Å². The van der Waals surface area contributed by atoms with Gasteiger partial charge in [-0.3, -0.25) is 9.59 Å². The van der Waals surface area contributed by atoms with Crippen LogP contribution in [0.5, 0.6) is 0 Å². The Kier molecular flexibility index (Phi) is 12.0. The van der Waals surface area contributed by atoms with Crippen molar-refractivity contribution in [2.45, 2.75) is 118 Å². The van der Waals surface area contributed by atoms with Gasteiger partial charge in [0.15, 0.2) is 14.1 Å². The minimum atomic E-state index is -1.98. The Morgan fingerprint density at radius 2 is 1.27 bits per heavy atom. The van der Waals surface area contributed by atoms with Crippen LogP contribution in [-0.2, 0) is 14.0 Å². The first kappa shape index (κ1) is 28.7. The van der Waals surface area contributed by atoms with Crippen molar-refractivity contribution in [2.24, 2.45) is 0 Å². The number of carbonyl (C=O) groups excluding carboxylic acids is 2. The fourth-order valence-corrected chi connectivity index (χ4v) is 4.65. The highest BCUT2D eigenvalue weighted by atomic mass is 28.4. The quantitative estimate of drug-likeness (QED) is 0.129.